The molecule has 96 heavy (non-hydrogen) atoms. The normalized spacial score (nSPS) is 10.5. The molecule has 500 valence electrons. The second-order valence-electron chi connectivity index (χ2n) is 17.1. The van der Waals surface area contributed by atoms with E-state index in [1.54, 1.807) is 72.8 Å². The summed E-state index contributed by atoms with van der Waals surface area (Å²) in [5.74, 6) is -0.895. The molecule has 0 unspecified atom stereocenters. The number of aliphatic hydroxyl groups is 1. The number of benzene rings is 6. The molecule has 0 aliphatic heterocycles. The lowest BCUT2D eigenvalue weighted by Crippen LogP contribution is -2.17. The predicted molar refractivity (Wildman–Crippen MR) is 351 cm³/mol. The molecule has 0 heterocycles. The molecule has 0 spiro atoms. The Morgan fingerprint density at radius 2 is 0.552 bits per heavy atom. The Balaban J connectivity index is 0.000000408. The Hall–Kier alpha value is -11.8. The molecule has 0 atom stereocenters. The van der Waals surface area contributed by atoms with Crippen LogP contribution in [0.5, 0.6) is 34.5 Å². The molecular weight excluding hydrogens is 1340 g/mol. The summed E-state index contributed by atoms with van der Waals surface area (Å²) >= 11 is 11.4. The van der Waals surface area contributed by atoms with Crippen LogP contribution in [-0.4, -0.2) is 118 Å². The standard InChI is InChI=1S/C36H36N3O15PS.C21H12N3O6PS.C5H8O3/c1-4-31(40)46-19-22-49-34(43)37-25-7-13-28(14-8-25)52-55(56,53-29-15-9-26(10-16-29)38-35(44)50-23-20-47-32(41)5-2)54-30-17-11-27(12-18-30)39-36(45)51-24-21-48-33(42)6-3;25-13-22-16-1-7-19(8-2-16)28-31(32,29-20-9-3-17(4-10-20)23-14-26)30-21-11-5-18(6-12-21)24-15-27;1-2-5(7)8-4-3-6/h4-18H,1-3,19-24H2,(H,37,43)(H,38,44)(H,39,45);1-12H;2,6H,1,3-4H2. The first-order chi connectivity index (χ1) is 46.2. The predicted octanol–water partition coefficient (Wildman–Crippen LogP) is 11.3. The van der Waals surface area contributed by atoms with Gasteiger partial charge in [0, 0.05) is 65.0 Å². The van der Waals surface area contributed by atoms with Gasteiger partial charge < -0.3 is 65.4 Å². The van der Waals surface area contributed by atoms with Crippen LogP contribution in [0.2, 0.25) is 0 Å². The minimum absolute atomic E-state index is 0.0465. The van der Waals surface area contributed by atoms with Crippen molar-refractivity contribution in [1.29, 1.82) is 0 Å². The minimum atomic E-state index is -3.75. The molecule has 0 fully saturated rings. The number of nitrogens with one attached hydrogen (secondary N) is 3. The van der Waals surface area contributed by atoms with Gasteiger partial charge in [0.15, 0.2) is 0 Å². The quantitative estimate of drug-likeness (QED) is 0.00565. The fourth-order valence-corrected chi connectivity index (χ4v) is 10.3. The molecule has 3 amide bonds. The van der Waals surface area contributed by atoms with Crippen molar-refractivity contribution >= 4 is 132 Å². The van der Waals surface area contributed by atoms with Gasteiger partial charge in [-0.05, 0) is 146 Å². The van der Waals surface area contributed by atoms with E-state index in [4.69, 9.17) is 84.3 Å². The van der Waals surface area contributed by atoms with Crippen LogP contribution in [0.25, 0.3) is 0 Å². The van der Waals surface area contributed by atoms with Crippen LogP contribution >= 0.6 is 13.4 Å². The van der Waals surface area contributed by atoms with Crippen molar-refractivity contribution in [3.8, 4) is 34.5 Å². The van der Waals surface area contributed by atoms with E-state index in [2.05, 4.69) is 62.0 Å². The SMILES string of the molecule is C=CC(=O)OCCO.C=CC(=O)OCCOC(=O)Nc1ccc(OP(=S)(Oc2ccc(NC(=O)OCCOC(=O)C=C)cc2)Oc2ccc(NC(=O)OCCOC(=O)C=C)cc2)cc1.O=C=Nc1ccc(OP(=S)(Oc2ccc(N=C=O)cc2)Oc2ccc(N=C=O)cc2)cc1. The third-order valence-electron chi connectivity index (χ3n) is 10.3. The maximum absolute atomic E-state index is 12.1. The number of amides is 3. The van der Waals surface area contributed by atoms with Gasteiger partial charge in [-0.2, -0.15) is 15.0 Å². The second-order valence-corrected chi connectivity index (χ2v) is 22.7. The van der Waals surface area contributed by atoms with Crippen LogP contribution < -0.4 is 43.1 Å². The van der Waals surface area contributed by atoms with E-state index < -0.39 is 55.6 Å². The lowest BCUT2D eigenvalue weighted by molar-refractivity contribution is -0.139. The first-order valence-corrected chi connectivity index (χ1v) is 32.2. The van der Waals surface area contributed by atoms with Crippen LogP contribution in [-0.2, 0) is 90.3 Å². The molecule has 0 aliphatic carbocycles. The van der Waals surface area contributed by atoms with E-state index in [0.717, 1.165) is 24.3 Å². The lowest BCUT2D eigenvalue weighted by atomic mass is 10.3. The summed E-state index contributed by atoms with van der Waals surface area (Å²) in [4.78, 5) is 122. The molecule has 6 rings (SSSR count). The third-order valence-corrected chi connectivity index (χ3v) is 14.3. The highest BCUT2D eigenvalue weighted by Crippen LogP contribution is 2.52. The summed E-state index contributed by atoms with van der Waals surface area (Å²) in [6, 6.07) is 36.5. The third kappa shape index (κ3) is 31.0. The highest BCUT2D eigenvalue weighted by atomic mass is 32.5. The van der Waals surface area contributed by atoms with Gasteiger partial charge >= 0.3 is 55.6 Å². The number of aliphatic hydroxyl groups excluding tert-OH is 1. The molecule has 6 aromatic carbocycles. The van der Waals surface area contributed by atoms with Gasteiger partial charge in [0.05, 0.1) is 23.7 Å². The van der Waals surface area contributed by atoms with Crippen LogP contribution in [0.15, 0.2) is 211 Å². The van der Waals surface area contributed by atoms with Gasteiger partial charge in [-0.25, -0.2) is 47.9 Å². The van der Waals surface area contributed by atoms with Crippen molar-refractivity contribution in [3.63, 3.8) is 0 Å². The number of aliphatic imine (C=N–C) groups is 3. The molecule has 0 saturated heterocycles. The summed E-state index contributed by atoms with van der Waals surface area (Å²) in [5, 5.41) is 15.6. The van der Waals surface area contributed by atoms with Crippen LogP contribution in [0.4, 0.5) is 48.5 Å². The van der Waals surface area contributed by atoms with Gasteiger partial charge in [0.25, 0.3) is 0 Å². The Morgan fingerprint density at radius 1 is 0.354 bits per heavy atom. The number of hydrogen-bond acceptors (Lipinski definition) is 29. The number of esters is 4. The minimum Gasteiger partial charge on any atom is -0.460 e. The number of ether oxygens (including phenoxy) is 7. The fraction of sp³-hybridized carbons (Fsp3) is 0.129. The zero-order chi connectivity index (χ0) is 70.0. The van der Waals surface area contributed by atoms with E-state index in [1.165, 1.54) is 91.0 Å². The monoisotopic (exact) mass is 1390 g/mol. The largest absolute Gasteiger partial charge is 0.490 e. The molecule has 0 aromatic heterocycles. The highest BCUT2D eigenvalue weighted by molar-refractivity contribution is 8.08. The summed E-state index contributed by atoms with van der Waals surface area (Å²) < 4.78 is 69.2. The second kappa shape index (κ2) is 42.3. The van der Waals surface area contributed by atoms with Gasteiger partial charge in [0.2, 0.25) is 18.2 Å². The van der Waals surface area contributed by atoms with Crippen molar-refractivity contribution in [2.75, 3.05) is 68.8 Å². The van der Waals surface area contributed by atoms with Gasteiger partial charge in [0.1, 0.15) is 80.7 Å². The Labute approximate surface area is 556 Å². The van der Waals surface area contributed by atoms with E-state index in [9.17, 15) is 47.9 Å². The topological polar surface area (TPSA) is 384 Å². The number of carbonyl (C=O) groups is 7. The summed E-state index contributed by atoms with van der Waals surface area (Å²) in [6.07, 6.45) is 5.96. The Bertz CT molecular complexity index is 3510. The molecule has 0 radical (unpaired) electrons. The van der Waals surface area contributed by atoms with Crippen molar-refractivity contribution in [3.05, 3.63) is 196 Å². The van der Waals surface area contributed by atoms with Crippen LogP contribution in [0, 0.1) is 0 Å². The summed E-state index contributed by atoms with van der Waals surface area (Å²) in [7, 11) is 0. The lowest BCUT2D eigenvalue weighted by Gasteiger charge is -2.23. The number of anilines is 3. The molecule has 6 aromatic rings. The molecule has 30 nitrogen and oxygen atoms in total. The smallest absolute Gasteiger partial charge is 0.460 e. The first kappa shape index (κ1) is 76.6. The van der Waals surface area contributed by atoms with E-state index >= 15 is 0 Å². The molecule has 0 bridgehead atoms. The first-order valence-electron chi connectivity index (χ1n) is 27.0. The average molecular weight is 1400 g/mol. The van der Waals surface area contributed by atoms with Gasteiger partial charge in [-0.3, -0.25) is 16.0 Å². The van der Waals surface area contributed by atoms with E-state index in [-0.39, 0.29) is 70.1 Å². The van der Waals surface area contributed by atoms with Crippen LogP contribution in [0.3, 0.4) is 0 Å². The highest BCUT2D eigenvalue weighted by Gasteiger charge is 2.29. The number of carbonyl (C=O) groups excluding carboxylic acids is 10. The van der Waals surface area contributed by atoms with Gasteiger partial charge in [-0.1, -0.05) is 26.3 Å². The average Bonchev–Trinajstić information content (AvgIpc) is 0.937. The van der Waals surface area contributed by atoms with Crippen molar-refractivity contribution in [2.24, 2.45) is 15.0 Å². The molecule has 0 saturated carbocycles. The number of nitrogens with zero attached hydrogens (tertiary/aromatic N) is 3. The Morgan fingerprint density at radius 3 is 0.750 bits per heavy atom. The van der Waals surface area contributed by atoms with Crippen molar-refractivity contribution < 1.29 is 113 Å². The maximum Gasteiger partial charge on any atom is 0.490 e. The van der Waals surface area contributed by atoms with E-state index in [0.29, 0.717) is 51.4 Å². The number of rotatable bonds is 33. The zero-order valence-corrected chi connectivity index (χ0v) is 53.5. The molecule has 34 heteroatoms. The fourth-order valence-electron chi connectivity index (χ4n) is 6.26. The molecular formula is C62H56N6O24P2S2. The summed E-state index contributed by atoms with van der Waals surface area (Å²) in [5.41, 5.74) is 2.17. The van der Waals surface area contributed by atoms with Crippen molar-refractivity contribution in [1.82, 2.24) is 0 Å². The zero-order valence-electron chi connectivity index (χ0n) is 50.0. The van der Waals surface area contributed by atoms with Gasteiger partial charge in [-0.15, -0.1) is 0 Å². The summed E-state index contributed by atoms with van der Waals surface area (Å²) in [6.45, 7) is 4.66. The number of hydrogen-bond donors (Lipinski definition) is 4. The number of isocyanates is 3. The molecule has 4 N–H and O–H groups in total. The molecule has 0 aliphatic rings. The van der Waals surface area contributed by atoms with Crippen LogP contribution in [0.1, 0.15) is 0 Å². The van der Waals surface area contributed by atoms with Crippen molar-refractivity contribution in [2.45, 2.75) is 0 Å². The van der Waals surface area contributed by atoms with E-state index in [1.807, 2.05) is 0 Å². The maximum atomic E-state index is 12.1. The Kier molecular flexibility index (Phi) is 33.8.